The summed E-state index contributed by atoms with van der Waals surface area (Å²) in [7, 11) is 1.87. The smallest absolute Gasteiger partial charge is 0.309 e. The second-order valence-corrected chi connectivity index (χ2v) is 7.40. The van der Waals surface area contributed by atoms with Gasteiger partial charge in [-0.15, -0.1) is 24.0 Å². The number of guanidine groups is 1. The zero-order chi connectivity index (χ0) is 16.3. The first-order valence-corrected chi connectivity index (χ1v) is 9.31. The van der Waals surface area contributed by atoms with E-state index in [0.29, 0.717) is 12.0 Å². The third-order valence-corrected chi connectivity index (χ3v) is 6.02. The zero-order valence-corrected chi connectivity index (χ0v) is 17.4. The van der Waals surface area contributed by atoms with Crippen LogP contribution < -0.4 is 5.32 Å². The highest BCUT2D eigenvalue weighted by Gasteiger charge is 2.48. The van der Waals surface area contributed by atoms with Crippen LogP contribution in [0.25, 0.3) is 0 Å². The van der Waals surface area contributed by atoms with Crippen LogP contribution in [0.4, 0.5) is 0 Å². The average molecular weight is 449 g/mol. The van der Waals surface area contributed by atoms with E-state index >= 15 is 0 Å². The Labute approximate surface area is 163 Å². The maximum atomic E-state index is 11.8. The monoisotopic (exact) mass is 449 g/mol. The van der Waals surface area contributed by atoms with Crippen LogP contribution in [0.1, 0.15) is 51.9 Å². The number of aliphatic imine (C=N–C) groups is 1. The van der Waals surface area contributed by atoms with Crippen LogP contribution in [0, 0.1) is 17.3 Å². The van der Waals surface area contributed by atoms with Crippen LogP contribution in [0.2, 0.25) is 0 Å². The zero-order valence-electron chi connectivity index (χ0n) is 15.1. The van der Waals surface area contributed by atoms with E-state index in [1.54, 1.807) is 0 Å². The van der Waals surface area contributed by atoms with Crippen molar-refractivity contribution in [2.75, 3.05) is 33.3 Å². The molecule has 3 rings (SSSR count). The molecule has 2 saturated carbocycles. The fraction of sp³-hybridized carbons (Fsp3) is 0.889. The number of hydrogen-bond donors (Lipinski definition) is 1. The van der Waals surface area contributed by atoms with Crippen molar-refractivity contribution in [2.24, 2.45) is 22.2 Å². The van der Waals surface area contributed by atoms with Crippen molar-refractivity contribution in [3.63, 3.8) is 0 Å². The van der Waals surface area contributed by atoms with E-state index in [0.717, 1.165) is 44.4 Å². The minimum Gasteiger partial charge on any atom is -0.466 e. The van der Waals surface area contributed by atoms with Crippen molar-refractivity contribution in [1.82, 2.24) is 10.2 Å². The third-order valence-electron chi connectivity index (χ3n) is 6.02. The molecule has 0 bridgehead atoms. The summed E-state index contributed by atoms with van der Waals surface area (Å²) >= 11 is 0. The molecule has 3 fully saturated rings. The quantitative estimate of drug-likeness (QED) is 0.304. The van der Waals surface area contributed by atoms with Gasteiger partial charge >= 0.3 is 5.97 Å². The number of nitrogens with zero attached hydrogens (tertiary/aromatic N) is 2. The van der Waals surface area contributed by atoms with Crippen molar-refractivity contribution in [1.29, 1.82) is 0 Å². The number of carbonyl (C=O) groups excluding carboxylic acids is 1. The Morgan fingerprint density at radius 3 is 2.38 bits per heavy atom. The molecule has 5 nitrogen and oxygen atoms in total. The van der Waals surface area contributed by atoms with Gasteiger partial charge in [0.2, 0.25) is 0 Å². The minimum atomic E-state index is -0.0303. The number of piperidine rings is 1. The van der Waals surface area contributed by atoms with Crippen LogP contribution in [0.3, 0.4) is 0 Å². The molecular weight excluding hydrogens is 417 g/mol. The number of ether oxygens (including phenoxy) is 1. The highest BCUT2D eigenvalue weighted by atomic mass is 127. The molecule has 0 atom stereocenters. The highest BCUT2D eigenvalue weighted by Crippen LogP contribution is 2.56. The van der Waals surface area contributed by atoms with Gasteiger partial charge in [0.25, 0.3) is 0 Å². The summed E-state index contributed by atoms with van der Waals surface area (Å²) in [4.78, 5) is 18.6. The van der Waals surface area contributed by atoms with Crippen LogP contribution in [-0.4, -0.2) is 50.1 Å². The van der Waals surface area contributed by atoms with Crippen molar-refractivity contribution in [3.05, 3.63) is 0 Å². The molecule has 2 aliphatic carbocycles. The van der Waals surface area contributed by atoms with Crippen LogP contribution in [0.15, 0.2) is 4.99 Å². The first-order chi connectivity index (χ1) is 11.2. The van der Waals surface area contributed by atoms with Crippen LogP contribution >= 0.6 is 24.0 Å². The van der Waals surface area contributed by atoms with Gasteiger partial charge in [-0.3, -0.25) is 9.79 Å². The molecule has 0 aromatic rings. The second-order valence-electron chi connectivity index (χ2n) is 7.40. The first kappa shape index (κ1) is 19.8. The van der Waals surface area contributed by atoms with E-state index in [1.807, 2.05) is 14.0 Å². The van der Waals surface area contributed by atoms with Crippen molar-refractivity contribution < 1.29 is 9.53 Å². The molecule has 0 unspecified atom stereocenters. The summed E-state index contributed by atoms with van der Waals surface area (Å²) in [6.45, 7) is 5.20. The van der Waals surface area contributed by atoms with E-state index < -0.39 is 0 Å². The van der Waals surface area contributed by atoms with E-state index in [2.05, 4.69) is 15.2 Å². The molecule has 1 saturated heterocycles. The Bertz CT molecular complexity index is 453. The van der Waals surface area contributed by atoms with Gasteiger partial charge in [-0.25, -0.2) is 0 Å². The second kappa shape index (κ2) is 8.72. The van der Waals surface area contributed by atoms with E-state index in [1.165, 1.54) is 32.1 Å². The lowest BCUT2D eigenvalue weighted by Gasteiger charge is -2.44. The fourth-order valence-electron chi connectivity index (χ4n) is 4.23. The summed E-state index contributed by atoms with van der Waals surface area (Å²) in [6, 6.07) is 0. The number of hydrogen-bond acceptors (Lipinski definition) is 3. The number of esters is 1. The maximum Gasteiger partial charge on any atom is 0.309 e. The van der Waals surface area contributed by atoms with E-state index in [9.17, 15) is 4.79 Å². The Morgan fingerprint density at radius 2 is 1.92 bits per heavy atom. The number of carbonyl (C=O) groups is 1. The summed E-state index contributed by atoms with van der Waals surface area (Å²) in [5, 5.41) is 3.63. The molecule has 0 radical (unpaired) electrons. The minimum absolute atomic E-state index is 0. The lowest BCUT2D eigenvalue weighted by atomic mass is 9.65. The molecule has 1 aliphatic heterocycles. The lowest BCUT2D eigenvalue weighted by molar-refractivity contribution is -0.149. The molecule has 1 N–H and O–H groups in total. The number of rotatable bonds is 5. The molecule has 0 aromatic carbocycles. The lowest BCUT2D eigenvalue weighted by Crippen LogP contribution is -2.51. The highest BCUT2D eigenvalue weighted by molar-refractivity contribution is 14.0. The molecule has 138 valence electrons. The summed E-state index contributed by atoms with van der Waals surface area (Å²) in [5.41, 5.74) is 0.555. The molecule has 0 aromatic heterocycles. The average Bonchev–Trinajstić information content (AvgIpc) is 3.36. The predicted molar refractivity (Wildman–Crippen MR) is 107 cm³/mol. The summed E-state index contributed by atoms with van der Waals surface area (Å²) in [6.07, 6.45) is 8.73. The van der Waals surface area contributed by atoms with Crippen molar-refractivity contribution in [3.8, 4) is 0 Å². The molecule has 0 spiro atoms. The first-order valence-electron chi connectivity index (χ1n) is 9.31. The van der Waals surface area contributed by atoms with Crippen molar-refractivity contribution >= 4 is 35.9 Å². The van der Waals surface area contributed by atoms with E-state index in [4.69, 9.17) is 4.74 Å². The Kier molecular flexibility index (Phi) is 7.19. The largest absolute Gasteiger partial charge is 0.466 e. The SMILES string of the molecule is CCOC(=O)C1CCN(C(=NC)NCC2(C3CC3)CCC2)CC1.I. The molecule has 24 heavy (non-hydrogen) atoms. The van der Waals surface area contributed by atoms with Gasteiger partial charge in [-0.05, 0) is 56.8 Å². The van der Waals surface area contributed by atoms with Gasteiger partial charge in [0.1, 0.15) is 0 Å². The molecule has 0 amide bonds. The predicted octanol–water partition coefficient (Wildman–Crippen LogP) is 3.04. The van der Waals surface area contributed by atoms with Crippen molar-refractivity contribution in [2.45, 2.75) is 51.9 Å². The van der Waals surface area contributed by atoms with Gasteiger partial charge in [0, 0.05) is 26.7 Å². The van der Waals surface area contributed by atoms with Gasteiger partial charge < -0.3 is 15.0 Å². The standard InChI is InChI=1S/C18H31N3O2.HI/c1-3-23-16(22)14-7-11-21(12-8-14)17(19-2)20-13-18(9-4-10-18)15-5-6-15;/h14-15H,3-13H2,1-2H3,(H,19,20);1H. The fourth-order valence-corrected chi connectivity index (χ4v) is 4.23. The van der Waals surface area contributed by atoms with E-state index in [-0.39, 0.29) is 35.9 Å². The van der Waals surface area contributed by atoms with Gasteiger partial charge in [-0.2, -0.15) is 0 Å². The third kappa shape index (κ3) is 4.35. The Hall–Kier alpha value is -0.530. The normalized spacial score (nSPS) is 23.9. The molecule has 3 aliphatic rings. The summed E-state index contributed by atoms with van der Waals surface area (Å²) < 4.78 is 5.15. The van der Waals surface area contributed by atoms with Gasteiger partial charge in [0.05, 0.1) is 12.5 Å². The summed E-state index contributed by atoms with van der Waals surface area (Å²) in [5.74, 6) is 2.00. The van der Waals surface area contributed by atoms with Gasteiger partial charge in [0.15, 0.2) is 5.96 Å². The topological polar surface area (TPSA) is 53.9 Å². The Morgan fingerprint density at radius 1 is 1.25 bits per heavy atom. The van der Waals surface area contributed by atoms with Gasteiger partial charge in [-0.1, -0.05) is 6.42 Å². The number of nitrogens with one attached hydrogen (secondary N) is 1. The van der Waals surface area contributed by atoms with Crippen LogP contribution in [-0.2, 0) is 9.53 Å². The molecule has 6 heteroatoms. The molecular formula is C18H32IN3O2. The maximum absolute atomic E-state index is 11.8. The number of halogens is 1. The number of likely N-dealkylation sites (tertiary alicyclic amines) is 1. The van der Waals surface area contributed by atoms with Crippen LogP contribution in [0.5, 0.6) is 0 Å². The Balaban J connectivity index is 0.00000208. The molecule has 1 heterocycles.